The molecule has 12 rings (SSSR count). The highest BCUT2D eigenvalue weighted by Gasteiger charge is 2.65. The van der Waals surface area contributed by atoms with Gasteiger partial charge in [-0.3, -0.25) is 0 Å². The van der Waals surface area contributed by atoms with Gasteiger partial charge in [-0.1, -0.05) is 102 Å². The van der Waals surface area contributed by atoms with Gasteiger partial charge in [0.25, 0.3) is 0 Å². The predicted molar refractivity (Wildman–Crippen MR) is 311 cm³/mol. The maximum Gasteiger partial charge on any atom is 0.179 e. The minimum absolute atomic E-state index is 0.0108. The third-order valence-electron chi connectivity index (χ3n) is 24.6. The van der Waals surface area contributed by atoms with E-state index in [1.54, 1.807) is 24.3 Å². The summed E-state index contributed by atoms with van der Waals surface area (Å²) in [4.78, 5) is 2.10. The Labute approximate surface area is 464 Å². The highest BCUT2D eigenvalue weighted by atomic mass is 32.2. The third-order valence-corrected chi connectivity index (χ3v) is 29.3. The summed E-state index contributed by atoms with van der Waals surface area (Å²) in [5.41, 5.74) is 6.48. The summed E-state index contributed by atoms with van der Waals surface area (Å²) in [6, 6.07) is 11.3. The van der Waals surface area contributed by atoms with Crippen LogP contribution in [0.15, 0.2) is 51.1 Å². The fourth-order valence-electron chi connectivity index (χ4n) is 21.3. The number of aromatic hydroxyl groups is 3. The largest absolute Gasteiger partial charge is 0.508 e. The first-order chi connectivity index (χ1) is 35.0. The molecule has 3 aromatic carbocycles. The fourth-order valence-corrected chi connectivity index (χ4v) is 27.9. The molecule has 6 fully saturated rings. The summed E-state index contributed by atoms with van der Waals surface area (Å²) in [5.74, 6) is 5.29. The van der Waals surface area contributed by atoms with Crippen molar-refractivity contribution in [2.75, 3.05) is 17.3 Å². The molecule has 0 unspecified atom stereocenters. The standard InChI is InChI=1S/2C22H32O3S.C22H32OS/c2*1-14-11-15(23)19-16(12-14)26(24,25)13-18-21(4)9-6-8-20(2,3)17(21)7-10-22(18,19)5;1-14-11-15(23)19-16(12-14)24-13-18-21(4)9-6-8-20(2,3)17(21)7-10-22(18,19)5/h2*11-12,17-18,23H,6-10,13H2,1-5H3;11-12,17-18,23H,6-10,13H2,1-5H3/t3*17-,18+,21-,22+/m000/s1. The van der Waals surface area contributed by atoms with Crippen LogP contribution in [0, 0.1) is 88.8 Å². The number of aryl methyl sites for hydroxylation is 3. The Kier molecular flexibility index (Phi) is 13.5. The van der Waals surface area contributed by atoms with Crippen LogP contribution in [0.2, 0.25) is 0 Å². The average molecular weight is 1100 g/mol. The van der Waals surface area contributed by atoms with Crippen molar-refractivity contribution < 1.29 is 32.2 Å². The first kappa shape index (κ1) is 56.6. The molecule has 0 amide bonds. The van der Waals surface area contributed by atoms with Crippen molar-refractivity contribution in [3.63, 3.8) is 0 Å². The van der Waals surface area contributed by atoms with E-state index >= 15 is 0 Å². The Balaban J connectivity index is 0.000000130. The maximum atomic E-state index is 13.2. The first-order valence-electron chi connectivity index (χ1n) is 29.6. The van der Waals surface area contributed by atoms with Gasteiger partial charge < -0.3 is 15.3 Å². The number of fused-ring (bicyclic) bond motifs is 15. The zero-order chi connectivity index (χ0) is 55.6. The summed E-state index contributed by atoms with van der Waals surface area (Å²) in [6.07, 6.45) is 17.8. The van der Waals surface area contributed by atoms with Gasteiger partial charge in [0.05, 0.1) is 21.3 Å². The van der Waals surface area contributed by atoms with E-state index in [0.29, 0.717) is 55.3 Å². The van der Waals surface area contributed by atoms with Crippen LogP contribution in [-0.2, 0) is 35.9 Å². The molecule has 3 N–H and O–H groups in total. The Morgan fingerprint density at radius 2 is 0.724 bits per heavy atom. The van der Waals surface area contributed by atoms with Gasteiger partial charge in [0.1, 0.15) is 17.2 Å². The molecule has 0 spiro atoms. The summed E-state index contributed by atoms with van der Waals surface area (Å²) in [5, 5.41) is 32.4. The number of hydrogen-bond donors (Lipinski definition) is 3. The molecule has 12 atom stereocenters. The van der Waals surface area contributed by atoms with Crippen molar-refractivity contribution >= 4 is 31.4 Å². The Bertz CT molecular complexity index is 2920. The van der Waals surface area contributed by atoms with Gasteiger partial charge in [-0.25, -0.2) is 16.8 Å². The van der Waals surface area contributed by atoms with Gasteiger partial charge in [-0.2, -0.15) is 0 Å². The molecule has 6 saturated carbocycles. The minimum Gasteiger partial charge on any atom is -0.508 e. The first-order valence-corrected chi connectivity index (χ1v) is 33.9. The number of sulfone groups is 2. The molecule has 0 saturated heterocycles. The third kappa shape index (κ3) is 8.45. The lowest BCUT2D eigenvalue weighted by Crippen LogP contribution is -2.59. The lowest BCUT2D eigenvalue weighted by atomic mass is 9.43. The SMILES string of the molecule is Cc1cc(O)c2c(c1)S(=O)(=O)C[C@@H]1[C@@]3(C)CCCC(C)(C)[C@@H]3CC[C@@]21C.Cc1cc(O)c2c(c1)S(=O)(=O)C[C@@H]1[C@@]3(C)CCCC(C)(C)[C@@H]3CC[C@@]21C.Cc1cc(O)c2c(c1)SC[C@@H]1[C@@]3(C)CCCC(C)(C)[C@@H]3CC[C@@]21C. The molecule has 3 aliphatic heterocycles. The van der Waals surface area contributed by atoms with Crippen LogP contribution in [0.5, 0.6) is 17.2 Å². The number of thioether (sulfide) groups is 1. The second kappa shape index (κ2) is 18.2. The molecule has 0 aromatic heterocycles. The van der Waals surface area contributed by atoms with Crippen molar-refractivity contribution in [2.45, 2.75) is 231 Å². The van der Waals surface area contributed by atoms with Crippen LogP contribution in [0.3, 0.4) is 0 Å². The Morgan fingerprint density at radius 3 is 1.09 bits per heavy atom. The molecule has 76 heavy (non-hydrogen) atoms. The molecule has 3 aromatic rings. The second-order valence-electron chi connectivity index (χ2n) is 30.6. The van der Waals surface area contributed by atoms with Crippen molar-refractivity contribution in [3.05, 3.63) is 69.8 Å². The van der Waals surface area contributed by atoms with Gasteiger partial charge in [-0.15, -0.1) is 11.8 Å². The number of phenolic OH excluding ortho intramolecular Hbond substituents is 3. The molecule has 6 aliphatic carbocycles. The van der Waals surface area contributed by atoms with Gasteiger partial charge in [-0.05, 0) is 219 Å². The summed E-state index contributed by atoms with van der Waals surface area (Å²) in [7, 11) is -6.76. The summed E-state index contributed by atoms with van der Waals surface area (Å²) in [6.45, 7) is 34.4. The average Bonchev–Trinajstić information content (AvgIpc) is 3.27. The number of benzene rings is 3. The smallest absolute Gasteiger partial charge is 0.179 e. The van der Waals surface area contributed by atoms with Crippen molar-refractivity contribution in [3.8, 4) is 17.2 Å². The second-order valence-corrected chi connectivity index (χ2v) is 35.6. The molecular formula is C66H96O7S3. The molecule has 3 heterocycles. The quantitative estimate of drug-likeness (QED) is 0.203. The van der Waals surface area contributed by atoms with Crippen LogP contribution in [0.1, 0.15) is 213 Å². The van der Waals surface area contributed by atoms with Crippen LogP contribution in [0.25, 0.3) is 0 Å². The van der Waals surface area contributed by atoms with Crippen molar-refractivity contribution in [1.29, 1.82) is 0 Å². The van der Waals surface area contributed by atoms with E-state index < -0.39 is 19.7 Å². The van der Waals surface area contributed by atoms with Crippen LogP contribution < -0.4 is 0 Å². The fraction of sp³-hybridized carbons (Fsp3) is 0.727. The molecular weight excluding hydrogens is 1000 g/mol. The van der Waals surface area contributed by atoms with E-state index in [2.05, 4.69) is 96.1 Å². The topological polar surface area (TPSA) is 129 Å². The predicted octanol–water partition coefficient (Wildman–Crippen LogP) is 16.3. The molecule has 0 bridgehead atoms. The van der Waals surface area contributed by atoms with E-state index in [4.69, 9.17) is 0 Å². The molecule has 7 nitrogen and oxygen atoms in total. The van der Waals surface area contributed by atoms with E-state index in [9.17, 15) is 32.2 Å². The minimum atomic E-state index is -3.38. The van der Waals surface area contributed by atoms with Crippen LogP contribution >= 0.6 is 11.8 Å². The molecule has 10 heteroatoms. The zero-order valence-corrected chi connectivity index (χ0v) is 51.8. The Morgan fingerprint density at radius 1 is 0.408 bits per heavy atom. The highest BCUT2D eigenvalue weighted by molar-refractivity contribution is 7.99. The van der Waals surface area contributed by atoms with Gasteiger partial charge >= 0.3 is 0 Å². The number of phenols is 3. The van der Waals surface area contributed by atoms with E-state index in [1.807, 2.05) is 31.7 Å². The maximum absolute atomic E-state index is 13.2. The monoisotopic (exact) mass is 1100 g/mol. The van der Waals surface area contributed by atoms with E-state index in [-0.39, 0.29) is 72.7 Å². The van der Waals surface area contributed by atoms with Crippen LogP contribution in [-0.4, -0.2) is 49.4 Å². The van der Waals surface area contributed by atoms with Crippen molar-refractivity contribution in [1.82, 2.24) is 0 Å². The normalized spacial score (nSPS) is 40.2. The van der Waals surface area contributed by atoms with E-state index in [1.165, 1.54) is 79.6 Å². The zero-order valence-electron chi connectivity index (χ0n) is 49.4. The highest BCUT2D eigenvalue weighted by Crippen LogP contribution is 2.71. The Hall–Kier alpha value is -2.69. The molecule has 420 valence electrons. The van der Waals surface area contributed by atoms with Crippen LogP contribution in [0.4, 0.5) is 0 Å². The molecule has 9 aliphatic rings. The number of hydrogen-bond acceptors (Lipinski definition) is 8. The van der Waals surface area contributed by atoms with Gasteiger partial charge in [0.15, 0.2) is 19.7 Å². The van der Waals surface area contributed by atoms with E-state index in [0.717, 1.165) is 55.6 Å². The van der Waals surface area contributed by atoms with Crippen molar-refractivity contribution in [2.24, 2.45) is 68.0 Å². The summed E-state index contributed by atoms with van der Waals surface area (Å²) < 4.78 is 53.0. The number of rotatable bonds is 0. The lowest BCUT2D eigenvalue weighted by molar-refractivity contribution is -0.0986. The van der Waals surface area contributed by atoms with Gasteiger partial charge in [0, 0.05) is 43.6 Å². The lowest BCUT2D eigenvalue weighted by Gasteiger charge is -2.64. The van der Waals surface area contributed by atoms with Gasteiger partial charge in [0.2, 0.25) is 0 Å². The summed E-state index contributed by atoms with van der Waals surface area (Å²) >= 11 is 2.00. The molecule has 0 radical (unpaired) electrons.